The van der Waals surface area contributed by atoms with Crippen LogP contribution in [-0.4, -0.2) is 33.9 Å². The highest BCUT2D eigenvalue weighted by Gasteiger charge is 2.13. The van der Waals surface area contributed by atoms with Crippen molar-refractivity contribution >= 4 is 22.6 Å². The van der Waals surface area contributed by atoms with E-state index in [9.17, 15) is 9.59 Å². The predicted octanol–water partition coefficient (Wildman–Crippen LogP) is 1.78. The maximum atomic E-state index is 12.2. The van der Waals surface area contributed by atoms with Gasteiger partial charge in [-0.25, -0.2) is 9.97 Å². The molecular formula is C18H19N5O2. The van der Waals surface area contributed by atoms with Gasteiger partial charge in [-0.2, -0.15) is 0 Å². The summed E-state index contributed by atoms with van der Waals surface area (Å²) in [6.45, 7) is 4.38. The van der Waals surface area contributed by atoms with Crippen LogP contribution in [0.3, 0.4) is 0 Å². The fourth-order valence-corrected chi connectivity index (χ4v) is 2.73. The van der Waals surface area contributed by atoms with E-state index in [0.717, 1.165) is 16.6 Å². The number of nitrogens with one attached hydrogen (secondary N) is 3. The summed E-state index contributed by atoms with van der Waals surface area (Å²) in [5.41, 5.74) is 2.03. The van der Waals surface area contributed by atoms with Crippen molar-refractivity contribution in [2.45, 2.75) is 13.8 Å². The van der Waals surface area contributed by atoms with Crippen LogP contribution in [0.25, 0.3) is 10.9 Å². The van der Waals surface area contributed by atoms with Gasteiger partial charge in [0.2, 0.25) is 0 Å². The van der Waals surface area contributed by atoms with Crippen molar-refractivity contribution in [3.8, 4) is 0 Å². The molecule has 25 heavy (non-hydrogen) atoms. The number of benzene rings is 1. The lowest BCUT2D eigenvalue weighted by Crippen LogP contribution is -2.34. The van der Waals surface area contributed by atoms with Crippen LogP contribution in [0.5, 0.6) is 0 Å². The monoisotopic (exact) mass is 337 g/mol. The van der Waals surface area contributed by atoms with Gasteiger partial charge in [0.15, 0.2) is 0 Å². The topological polar surface area (TPSA) is 99.8 Å². The van der Waals surface area contributed by atoms with Gasteiger partial charge in [0, 0.05) is 24.2 Å². The third kappa shape index (κ3) is 3.65. The first-order chi connectivity index (χ1) is 12.1. The summed E-state index contributed by atoms with van der Waals surface area (Å²) in [5, 5.41) is 6.85. The summed E-state index contributed by atoms with van der Waals surface area (Å²) in [5.74, 6) is 0.331. The van der Waals surface area contributed by atoms with Crippen LogP contribution in [0.4, 0.5) is 5.82 Å². The van der Waals surface area contributed by atoms with Crippen molar-refractivity contribution in [1.82, 2.24) is 20.3 Å². The van der Waals surface area contributed by atoms with E-state index in [1.165, 1.54) is 6.33 Å². The minimum absolute atomic E-state index is 0.151. The Morgan fingerprint density at radius 3 is 2.76 bits per heavy atom. The first-order valence-electron chi connectivity index (χ1n) is 7.98. The predicted molar refractivity (Wildman–Crippen MR) is 96.9 cm³/mol. The van der Waals surface area contributed by atoms with Crippen LogP contribution in [0.2, 0.25) is 0 Å². The largest absolute Gasteiger partial charge is 0.368 e. The number of hydrogen-bond acceptors (Lipinski definition) is 5. The standard InChI is InChI=1S/C18H19N5O2/c1-11-9-12(2)23-18(25)15(11)17(24)20-8-7-19-16-13-5-3-4-6-14(13)21-10-22-16/h3-6,9-10H,7-8H2,1-2H3,(H,20,24)(H,23,25)(H,19,21,22). The number of anilines is 1. The molecule has 0 spiro atoms. The van der Waals surface area contributed by atoms with Gasteiger partial charge in [0.25, 0.3) is 11.5 Å². The highest BCUT2D eigenvalue weighted by molar-refractivity contribution is 5.95. The van der Waals surface area contributed by atoms with Crippen LogP contribution in [-0.2, 0) is 0 Å². The van der Waals surface area contributed by atoms with Crippen LogP contribution in [0.15, 0.2) is 41.5 Å². The molecule has 3 N–H and O–H groups in total. The highest BCUT2D eigenvalue weighted by atomic mass is 16.2. The van der Waals surface area contributed by atoms with E-state index in [0.29, 0.717) is 24.5 Å². The third-order valence-corrected chi connectivity index (χ3v) is 3.84. The summed E-state index contributed by atoms with van der Waals surface area (Å²) in [6.07, 6.45) is 1.50. The second-order valence-corrected chi connectivity index (χ2v) is 5.76. The van der Waals surface area contributed by atoms with Crippen molar-refractivity contribution < 1.29 is 4.79 Å². The summed E-state index contributed by atoms with van der Waals surface area (Å²) < 4.78 is 0. The van der Waals surface area contributed by atoms with E-state index in [4.69, 9.17) is 0 Å². The maximum absolute atomic E-state index is 12.2. The van der Waals surface area contributed by atoms with Crippen molar-refractivity contribution in [3.63, 3.8) is 0 Å². The Morgan fingerprint density at radius 1 is 1.16 bits per heavy atom. The van der Waals surface area contributed by atoms with Crippen LogP contribution in [0, 0.1) is 13.8 Å². The van der Waals surface area contributed by atoms with Gasteiger partial charge in [-0.1, -0.05) is 12.1 Å². The third-order valence-electron chi connectivity index (χ3n) is 3.84. The first kappa shape index (κ1) is 16.6. The molecule has 2 aromatic heterocycles. The number of rotatable bonds is 5. The lowest BCUT2D eigenvalue weighted by molar-refractivity contribution is 0.0953. The molecule has 0 bridgehead atoms. The fraction of sp³-hybridized carbons (Fsp3) is 0.222. The van der Waals surface area contributed by atoms with Gasteiger partial charge < -0.3 is 15.6 Å². The van der Waals surface area contributed by atoms with Crippen molar-refractivity contribution in [1.29, 1.82) is 0 Å². The Bertz CT molecular complexity index is 975. The lowest BCUT2D eigenvalue weighted by atomic mass is 10.1. The molecule has 7 heteroatoms. The van der Waals surface area contributed by atoms with Gasteiger partial charge >= 0.3 is 0 Å². The summed E-state index contributed by atoms with van der Waals surface area (Å²) >= 11 is 0. The Hall–Kier alpha value is -3.22. The smallest absolute Gasteiger partial charge is 0.261 e. The van der Waals surface area contributed by atoms with Crippen molar-refractivity contribution in [2.75, 3.05) is 18.4 Å². The molecule has 1 amide bonds. The van der Waals surface area contributed by atoms with E-state index in [1.807, 2.05) is 24.3 Å². The van der Waals surface area contributed by atoms with Crippen LogP contribution >= 0.6 is 0 Å². The zero-order chi connectivity index (χ0) is 17.8. The quantitative estimate of drug-likeness (QED) is 0.616. The Labute approximate surface area is 144 Å². The zero-order valence-electron chi connectivity index (χ0n) is 14.1. The van der Waals surface area contributed by atoms with Gasteiger partial charge in [-0.15, -0.1) is 0 Å². The number of nitrogens with zero attached hydrogens (tertiary/aromatic N) is 2. The zero-order valence-corrected chi connectivity index (χ0v) is 14.1. The first-order valence-corrected chi connectivity index (χ1v) is 7.98. The highest BCUT2D eigenvalue weighted by Crippen LogP contribution is 2.17. The number of para-hydroxylation sites is 1. The number of pyridine rings is 1. The average Bonchev–Trinajstić information content (AvgIpc) is 2.58. The van der Waals surface area contributed by atoms with Crippen LogP contribution in [0.1, 0.15) is 21.6 Å². The number of carbonyl (C=O) groups excluding carboxylic acids is 1. The number of amides is 1. The molecule has 0 atom stereocenters. The number of aryl methyl sites for hydroxylation is 2. The average molecular weight is 337 g/mol. The molecule has 0 unspecified atom stereocenters. The molecule has 0 saturated heterocycles. The minimum atomic E-state index is -0.381. The second-order valence-electron chi connectivity index (χ2n) is 5.76. The van der Waals surface area contributed by atoms with Gasteiger partial charge in [-0.05, 0) is 37.6 Å². The molecule has 0 fully saturated rings. The molecule has 0 aliphatic carbocycles. The molecule has 0 aliphatic rings. The molecule has 2 heterocycles. The Morgan fingerprint density at radius 2 is 1.96 bits per heavy atom. The van der Waals surface area contributed by atoms with E-state index in [-0.39, 0.29) is 17.0 Å². The fourth-order valence-electron chi connectivity index (χ4n) is 2.73. The van der Waals surface area contributed by atoms with Crippen LogP contribution < -0.4 is 16.2 Å². The molecule has 1 aromatic carbocycles. The SMILES string of the molecule is Cc1cc(C)c(C(=O)NCCNc2ncnc3ccccc23)c(=O)[nH]1. The number of carbonyl (C=O) groups is 1. The molecule has 3 rings (SSSR count). The molecule has 0 radical (unpaired) electrons. The van der Waals surface area contributed by atoms with Crippen molar-refractivity contribution in [3.05, 3.63) is 63.8 Å². The summed E-state index contributed by atoms with van der Waals surface area (Å²) in [4.78, 5) is 35.3. The molecule has 7 nitrogen and oxygen atoms in total. The van der Waals surface area contributed by atoms with Gasteiger partial charge in [0.1, 0.15) is 17.7 Å². The normalized spacial score (nSPS) is 10.6. The minimum Gasteiger partial charge on any atom is -0.368 e. The van der Waals surface area contributed by atoms with E-state index in [1.54, 1.807) is 19.9 Å². The Kier molecular flexibility index (Phi) is 4.74. The van der Waals surface area contributed by atoms with Gasteiger partial charge in [0.05, 0.1) is 5.52 Å². The molecule has 0 aliphatic heterocycles. The number of fused-ring (bicyclic) bond motifs is 1. The maximum Gasteiger partial charge on any atom is 0.261 e. The number of aromatic amines is 1. The lowest BCUT2D eigenvalue weighted by Gasteiger charge is -2.10. The van der Waals surface area contributed by atoms with E-state index in [2.05, 4.69) is 25.6 Å². The second kappa shape index (κ2) is 7.12. The number of hydrogen-bond donors (Lipinski definition) is 3. The summed E-state index contributed by atoms with van der Waals surface area (Å²) in [7, 11) is 0. The number of H-pyrrole nitrogens is 1. The molecule has 3 aromatic rings. The molecule has 128 valence electrons. The van der Waals surface area contributed by atoms with Gasteiger partial charge in [-0.3, -0.25) is 9.59 Å². The number of aromatic nitrogens is 3. The Balaban J connectivity index is 1.62. The van der Waals surface area contributed by atoms with E-state index < -0.39 is 0 Å². The molecule has 0 saturated carbocycles. The van der Waals surface area contributed by atoms with Crippen molar-refractivity contribution in [2.24, 2.45) is 0 Å². The summed E-state index contributed by atoms with van der Waals surface area (Å²) in [6, 6.07) is 9.47. The molecular weight excluding hydrogens is 318 g/mol. The van der Waals surface area contributed by atoms with E-state index >= 15 is 0 Å².